The average molecular weight is 306 g/mol. The summed E-state index contributed by atoms with van der Waals surface area (Å²) in [4.78, 5) is 4.18. The van der Waals surface area contributed by atoms with Crippen LogP contribution in [-0.4, -0.2) is 4.98 Å². The summed E-state index contributed by atoms with van der Waals surface area (Å²) in [5, 5.41) is 1.20. The summed E-state index contributed by atoms with van der Waals surface area (Å²) in [6.07, 6.45) is 1.81. The summed E-state index contributed by atoms with van der Waals surface area (Å²) in [7, 11) is 9.63. The zero-order chi connectivity index (χ0) is 9.52. The molecule has 1 aromatic heterocycles. The Bertz CT molecular complexity index is 302. The molecule has 0 bridgehead atoms. The third-order valence-electron chi connectivity index (χ3n) is 1.51. The van der Waals surface area contributed by atoms with E-state index in [1.54, 1.807) is 0 Å². The molecule has 2 rings (SSSR count). The van der Waals surface area contributed by atoms with Crippen molar-refractivity contribution in [1.82, 2.24) is 4.98 Å². The van der Waals surface area contributed by atoms with Crippen molar-refractivity contribution in [2.75, 3.05) is 0 Å². The molecule has 4 heteroatoms. The fourth-order valence-corrected chi connectivity index (χ4v) is 1.02. The number of fused-ring (bicyclic) bond motifs is 1. The maximum Gasteiger partial charge on any atom is 0.0701 e. The van der Waals surface area contributed by atoms with Crippen LogP contribution in [0.4, 0.5) is 0 Å². The molecule has 0 saturated heterocycles. The van der Waals surface area contributed by atoms with Crippen LogP contribution < -0.4 is 0 Å². The number of hydrogen-bond acceptors (Lipinski definition) is 1. The standard InChI is InChI=1S/C9H7N.2ClH.Pd/c1-2-6-9-8(4-1)5-3-7-10-9;;;/h1-7H;2*1H;/q;;;+2/p-2. The molecule has 1 nitrogen and oxygen atoms in total. The third kappa shape index (κ3) is 3.62. The molecule has 0 unspecified atom stereocenters. The van der Waals surface area contributed by atoms with Crippen LogP contribution in [-0.2, 0) is 15.9 Å². The van der Waals surface area contributed by atoms with Gasteiger partial charge in [-0.3, -0.25) is 4.98 Å². The zero-order valence-corrected chi connectivity index (χ0v) is 9.63. The molecule has 72 valence electrons. The van der Waals surface area contributed by atoms with Crippen LogP contribution in [0.15, 0.2) is 42.6 Å². The summed E-state index contributed by atoms with van der Waals surface area (Å²) < 4.78 is 0. The van der Waals surface area contributed by atoms with Gasteiger partial charge in [0.1, 0.15) is 0 Å². The summed E-state index contributed by atoms with van der Waals surface area (Å²) in [6, 6.07) is 12.1. The van der Waals surface area contributed by atoms with Crippen molar-refractivity contribution >= 4 is 30.0 Å². The molecule has 13 heavy (non-hydrogen) atoms. The average Bonchev–Trinajstić information content (AvgIpc) is 2.19. The minimum Gasteiger partial charge on any atom is -0.256 e. The van der Waals surface area contributed by atoms with Crippen LogP contribution in [0.25, 0.3) is 10.9 Å². The van der Waals surface area contributed by atoms with Crippen molar-refractivity contribution in [2.24, 2.45) is 0 Å². The van der Waals surface area contributed by atoms with Crippen molar-refractivity contribution in [3.05, 3.63) is 42.6 Å². The van der Waals surface area contributed by atoms with Crippen molar-refractivity contribution in [3.8, 4) is 0 Å². The molecule has 0 radical (unpaired) electrons. The zero-order valence-electron chi connectivity index (χ0n) is 6.56. The quantitative estimate of drug-likeness (QED) is 0.678. The Labute approximate surface area is 93.2 Å². The number of rotatable bonds is 0. The largest absolute Gasteiger partial charge is 0.256 e. The van der Waals surface area contributed by atoms with Crippen LogP contribution in [0, 0.1) is 0 Å². The first-order chi connectivity index (χ1) is 6.38. The van der Waals surface area contributed by atoms with Gasteiger partial charge in [-0.2, -0.15) is 0 Å². The molecule has 0 spiro atoms. The first-order valence-electron chi connectivity index (χ1n) is 3.50. The van der Waals surface area contributed by atoms with Gasteiger partial charge >= 0.3 is 35.0 Å². The van der Waals surface area contributed by atoms with Crippen LogP contribution in [0.5, 0.6) is 0 Å². The molecule has 0 aliphatic heterocycles. The van der Waals surface area contributed by atoms with Gasteiger partial charge in [0.2, 0.25) is 0 Å². The van der Waals surface area contributed by atoms with E-state index >= 15 is 0 Å². The molecule has 0 aliphatic carbocycles. The number of aromatic nitrogens is 1. The Kier molecular flexibility index (Phi) is 5.34. The Morgan fingerprint density at radius 1 is 1.00 bits per heavy atom. The first kappa shape index (κ1) is 11.0. The minimum atomic E-state index is -0.106. The van der Waals surface area contributed by atoms with Gasteiger partial charge in [-0.25, -0.2) is 0 Å². The topological polar surface area (TPSA) is 12.9 Å². The molecule has 0 amide bonds. The van der Waals surface area contributed by atoms with E-state index in [-0.39, 0.29) is 15.9 Å². The molecule has 0 N–H and O–H groups in total. The Morgan fingerprint density at radius 3 is 2.31 bits per heavy atom. The maximum atomic E-state index is 4.81. The van der Waals surface area contributed by atoms with Crippen molar-refractivity contribution < 1.29 is 15.9 Å². The number of pyridine rings is 1. The van der Waals surface area contributed by atoms with Gasteiger partial charge in [0.05, 0.1) is 5.52 Å². The van der Waals surface area contributed by atoms with Crippen LogP contribution in [0.2, 0.25) is 0 Å². The fourth-order valence-electron chi connectivity index (χ4n) is 1.02. The van der Waals surface area contributed by atoms with Gasteiger partial charge in [0.15, 0.2) is 0 Å². The van der Waals surface area contributed by atoms with E-state index in [2.05, 4.69) is 17.1 Å². The van der Waals surface area contributed by atoms with Gasteiger partial charge < -0.3 is 0 Å². The van der Waals surface area contributed by atoms with Crippen LogP contribution in [0.1, 0.15) is 0 Å². The molecule has 0 fully saturated rings. The van der Waals surface area contributed by atoms with E-state index in [4.69, 9.17) is 19.1 Å². The molecule has 0 atom stereocenters. The third-order valence-corrected chi connectivity index (χ3v) is 1.51. The number of para-hydroxylation sites is 1. The fraction of sp³-hybridized carbons (Fsp3) is 0. The maximum absolute atomic E-state index is 4.81. The first-order valence-corrected chi connectivity index (χ1v) is 7.51. The molecular weight excluding hydrogens is 299 g/mol. The van der Waals surface area contributed by atoms with Crippen LogP contribution in [0.3, 0.4) is 0 Å². The Morgan fingerprint density at radius 2 is 1.62 bits per heavy atom. The van der Waals surface area contributed by atoms with Gasteiger partial charge in [0.25, 0.3) is 0 Å². The van der Waals surface area contributed by atoms with Gasteiger partial charge in [-0.05, 0) is 12.1 Å². The molecular formula is C9H7Cl2NPd. The van der Waals surface area contributed by atoms with Crippen LogP contribution >= 0.6 is 19.1 Å². The number of hydrogen-bond donors (Lipinski definition) is 0. The van der Waals surface area contributed by atoms with Gasteiger partial charge in [-0.1, -0.05) is 24.3 Å². The number of halogens is 2. The van der Waals surface area contributed by atoms with Crippen molar-refractivity contribution in [1.29, 1.82) is 0 Å². The summed E-state index contributed by atoms with van der Waals surface area (Å²) in [5.74, 6) is 0. The van der Waals surface area contributed by atoms with Gasteiger partial charge in [-0.15, -0.1) is 0 Å². The van der Waals surface area contributed by atoms with E-state index in [1.165, 1.54) is 5.39 Å². The van der Waals surface area contributed by atoms with Gasteiger partial charge in [0, 0.05) is 11.6 Å². The number of benzene rings is 1. The minimum absolute atomic E-state index is 0.106. The monoisotopic (exact) mass is 305 g/mol. The van der Waals surface area contributed by atoms with E-state index in [9.17, 15) is 0 Å². The second kappa shape index (κ2) is 6.34. The SMILES string of the molecule is [Cl][Pd][Cl].c1ccc2ncccc2c1. The Balaban J connectivity index is 0.000000251. The van der Waals surface area contributed by atoms with E-state index < -0.39 is 0 Å². The second-order valence-electron chi connectivity index (χ2n) is 2.24. The summed E-state index contributed by atoms with van der Waals surface area (Å²) >= 11 is -0.106. The van der Waals surface area contributed by atoms with E-state index in [1.807, 2.05) is 30.5 Å². The molecule has 1 aromatic carbocycles. The molecule has 0 saturated carbocycles. The predicted octanol–water partition coefficient (Wildman–Crippen LogP) is 3.61. The molecule has 1 heterocycles. The summed E-state index contributed by atoms with van der Waals surface area (Å²) in [5.41, 5.74) is 1.06. The summed E-state index contributed by atoms with van der Waals surface area (Å²) in [6.45, 7) is 0. The smallest absolute Gasteiger partial charge is 0.0701 e. The molecule has 0 aliphatic rings. The molecule has 2 aromatic rings. The predicted molar refractivity (Wildman–Crippen MR) is 53.4 cm³/mol. The second-order valence-corrected chi connectivity index (χ2v) is 4.60. The van der Waals surface area contributed by atoms with E-state index in [0.29, 0.717) is 0 Å². The normalized spacial score (nSPS) is 9.38. The van der Waals surface area contributed by atoms with Crippen molar-refractivity contribution in [3.63, 3.8) is 0 Å². The van der Waals surface area contributed by atoms with E-state index in [0.717, 1.165) is 5.52 Å². The van der Waals surface area contributed by atoms with Crippen molar-refractivity contribution in [2.45, 2.75) is 0 Å². The number of nitrogens with zero attached hydrogens (tertiary/aromatic N) is 1. The Hall–Kier alpha value is -0.128.